The summed E-state index contributed by atoms with van der Waals surface area (Å²) in [7, 11) is -3.66. The third kappa shape index (κ3) is 6.13. The molecule has 1 atom stereocenters. The number of nitro groups is 1. The number of carboxylic acid groups (broad SMARTS) is 1. The van der Waals surface area contributed by atoms with Crippen molar-refractivity contribution in [2.24, 2.45) is 0 Å². The molecule has 1 heterocycles. The van der Waals surface area contributed by atoms with Gasteiger partial charge in [0.25, 0.3) is 0 Å². The van der Waals surface area contributed by atoms with Crippen LogP contribution in [0.25, 0.3) is 0 Å². The number of hydrogen-bond acceptors (Lipinski definition) is 6. The predicted octanol–water partition coefficient (Wildman–Crippen LogP) is 5.22. The largest absolute Gasteiger partial charge is 0.481 e. The van der Waals surface area contributed by atoms with Gasteiger partial charge in [0.15, 0.2) is 0 Å². The minimum atomic E-state index is -4.89. The summed E-state index contributed by atoms with van der Waals surface area (Å²) in [6.45, 7) is -0.688. The molecule has 2 aromatic rings. The number of hydrogen-bond donors (Lipinski definition) is 1. The lowest BCUT2D eigenvalue weighted by Crippen LogP contribution is -2.29. The van der Waals surface area contributed by atoms with Crippen molar-refractivity contribution in [1.82, 2.24) is 4.67 Å². The van der Waals surface area contributed by atoms with Crippen molar-refractivity contribution in [3.05, 3.63) is 63.4 Å². The van der Waals surface area contributed by atoms with Crippen LogP contribution in [-0.2, 0) is 32.6 Å². The van der Waals surface area contributed by atoms with Gasteiger partial charge in [-0.1, -0.05) is 24.3 Å². The Morgan fingerprint density at radius 1 is 1.28 bits per heavy atom. The Balaban J connectivity index is 2.33. The lowest BCUT2D eigenvalue weighted by molar-refractivity contribution is -0.402. The van der Waals surface area contributed by atoms with E-state index in [1.54, 1.807) is 0 Å². The SMILES string of the molecule is CN(CCCCCl)P(=O)(OCc1ccc([N+](=O)[O-])o1)C(F)(F)c1ccc(CC(=O)O)cc1. The molecule has 32 heavy (non-hydrogen) atoms. The van der Waals surface area contributed by atoms with E-state index in [0.29, 0.717) is 24.3 Å². The molecule has 1 N–H and O–H groups in total. The average molecular weight is 495 g/mol. The predicted molar refractivity (Wildman–Crippen MR) is 112 cm³/mol. The van der Waals surface area contributed by atoms with Crippen LogP contribution in [0, 0.1) is 10.1 Å². The van der Waals surface area contributed by atoms with Gasteiger partial charge in [-0.3, -0.25) is 19.5 Å². The van der Waals surface area contributed by atoms with Crippen LogP contribution in [0.4, 0.5) is 14.7 Å². The summed E-state index contributed by atoms with van der Waals surface area (Å²) in [5.74, 6) is -1.56. The second-order valence-electron chi connectivity index (χ2n) is 6.88. The van der Waals surface area contributed by atoms with Gasteiger partial charge in [0.05, 0.1) is 12.5 Å². The van der Waals surface area contributed by atoms with Crippen LogP contribution >= 0.6 is 19.1 Å². The third-order valence-corrected chi connectivity index (χ3v) is 7.35. The van der Waals surface area contributed by atoms with Crippen molar-refractivity contribution < 1.29 is 37.1 Å². The van der Waals surface area contributed by atoms with E-state index in [9.17, 15) is 19.5 Å². The maximum absolute atomic E-state index is 15.5. The highest BCUT2D eigenvalue weighted by molar-refractivity contribution is 7.57. The van der Waals surface area contributed by atoms with E-state index in [1.165, 1.54) is 25.2 Å². The van der Waals surface area contributed by atoms with E-state index in [-0.39, 0.29) is 18.7 Å². The lowest BCUT2D eigenvalue weighted by Gasteiger charge is -2.33. The Morgan fingerprint density at radius 2 is 1.94 bits per heavy atom. The molecule has 0 saturated carbocycles. The fourth-order valence-corrected chi connectivity index (χ4v) is 4.97. The quantitative estimate of drug-likeness (QED) is 0.132. The van der Waals surface area contributed by atoms with Gasteiger partial charge in [-0.15, -0.1) is 11.6 Å². The number of carboxylic acids is 1. The Kier molecular flexibility index (Phi) is 8.91. The molecule has 0 aliphatic heterocycles. The van der Waals surface area contributed by atoms with Crippen LogP contribution in [0.5, 0.6) is 0 Å². The maximum Gasteiger partial charge on any atom is 0.433 e. The molecule has 0 bridgehead atoms. The Bertz CT molecular complexity index is 984. The summed E-state index contributed by atoms with van der Waals surface area (Å²) in [5.41, 5.74) is -4.29. The van der Waals surface area contributed by atoms with Crippen molar-refractivity contribution in [1.29, 1.82) is 0 Å². The topological polar surface area (TPSA) is 123 Å². The zero-order valence-corrected chi connectivity index (χ0v) is 18.7. The van der Waals surface area contributed by atoms with Crippen molar-refractivity contribution in [2.45, 2.75) is 31.5 Å². The molecule has 0 spiro atoms. The number of alkyl halides is 3. The first kappa shape index (κ1) is 25.9. The van der Waals surface area contributed by atoms with Gasteiger partial charge >= 0.3 is 25.0 Å². The molecule has 0 fully saturated rings. The van der Waals surface area contributed by atoms with Crippen molar-refractivity contribution >= 4 is 31.0 Å². The second kappa shape index (κ2) is 11.0. The molecule has 9 nitrogen and oxygen atoms in total. The van der Waals surface area contributed by atoms with Crippen LogP contribution in [-0.4, -0.2) is 40.1 Å². The number of aliphatic carboxylic acids is 1. The summed E-state index contributed by atoms with van der Waals surface area (Å²) in [6.07, 6.45) is 0.536. The fraction of sp³-hybridized carbons (Fsp3) is 0.421. The monoisotopic (exact) mass is 494 g/mol. The first-order valence-corrected chi connectivity index (χ1v) is 11.6. The Morgan fingerprint density at radius 3 is 2.47 bits per heavy atom. The van der Waals surface area contributed by atoms with Gasteiger partial charge in [-0.2, -0.15) is 8.78 Å². The van der Waals surface area contributed by atoms with Crippen LogP contribution < -0.4 is 0 Å². The molecule has 0 saturated heterocycles. The maximum atomic E-state index is 15.5. The minimum absolute atomic E-state index is 0.00497. The minimum Gasteiger partial charge on any atom is -0.481 e. The molecule has 0 radical (unpaired) electrons. The molecule has 0 aliphatic rings. The van der Waals surface area contributed by atoms with Gasteiger partial charge in [0.1, 0.15) is 17.3 Å². The van der Waals surface area contributed by atoms with Gasteiger partial charge in [-0.05, 0) is 31.5 Å². The molecule has 2 rings (SSSR count). The van der Waals surface area contributed by atoms with Crippen molar-refractivity contribution in [3.8, 4) is 0 Å². The highest BCUT2D eigenvalue weighted by atomic mass is 35.5. The summed E-state index contributed by atoms with van der Waals surface area (Å²) < 4.78 is 55.6. The first-order valence-electron chi connectivity index (χ1n) is 9.45. The average Bonchev–Trinajstić information content (AvgIpc) is 3.21. The molecule has 0 aliphatic carbocycles. The van der Waals surface area contributed by atoms with Gasteiger partial charge < -0.3 is 14.0 Å². The van der Waals surface area contributed by atoms with E-state index in [1.807, 2.05) is 0 Å². The smallest absolute Gasteiger partial charge is 0.433 e. The number of furan rings is 1. The van der Waals surface area contributed by atoms with Crippen molar-refractivity contribution in [2.75, 3.05) is 19.5 Å². The molecular weight excluding hydrogens is 473 g/mol. The number of rotatable bonds is 13. The van der Waals surface area contributed by atoms with Crippen LogP contribution in [0.3, 0.4) is 0 Å². The Hall–Kier alpha value is -2.33. The molecule has 1 aromatic heterocycles. The highest BCUT2D eigenvalue weighted by Crippen LogP contribution is 2.68. The number of carbonyl (C=O) groups is 1. The standard InChI is InChI=1S/C19H22ClF2N2O7P/c1-23(11-3-2-10-20)32(29,30-13-16-8-9-17(31-16)24(27)28)19(21,22)15-6-4-14(5-7-15)12-18(25)26/h4-9H,2-3,10-13H2,1H3,(H,25,26). The number of benzene rings is 1. The normalized spacial score (nSPS) is 13.8. The second-order valence-corrected chi connectivity index (χ2v) is 9.80. The van der Waals surface area contributed by atoms with E-state index in [0.717, 1.165) is 22.9 Å². The Labute approximate surface area is 187 Å². The van der Waals surface area contributed by atoms with E-state index < -0.39 is 42.1 Å². The highest BCUT2D eigenvalue weighted by Gasteiger charge is 2.56. The summed E-state index contributed by atoms with van der Waals surface area (Å²) in [4.78, 5) is 20.8. The number of unbranched alkanes of at least 4 members (excludes halogenated alkanes) is 1. The third-order valence-electron chi connectivity index (χ3n) is 4.54. The number of halogens is 3. The number of nitrogens with zero attached hydrogens (tertiary/aromatic N) is 2. The van der Waals surface area contributed by atoms with Crippen LogP contribution in [0.1, 0.15) is 29.7 Å². The summed E-state index contributed by atoms with van der Waals surface area (Å²) in [6, 6.07) is 6.63. The van der Waals surface area contributed by atoms with Gasteiger partial charge in [0.2, 0.25) is 0 Å². The van der Waals surface area contributed by atoms with E-state index >= 15 is 8.78 Å². The molecule has 176 valence electrons. The molecular formula is C19H22ClF2N2O7P. The molecule has 13 heteroatoms. The first-order chi connectivity index (χ1) is 15.0. The molecule has 1 unspecified atom stereocenters. The van der Waals surface area contributed by atoms with Crippen molar-refractivity contribution in [3.63, 3.8) is 0 Å². The zero-order valence-electron chi connectivity index (χ0n) is 17.1. The van der Waals surface area contributed by atoms with E-state index in [2.05, 4.69) is 0 Å². The zero-order chi connectivity index (χ0) is 23.9. The molecule has 1 aromatic carbocycles. The summed E-state index contributed by atoms with van der Waals surface area (Å²) in [5, 5.41) is 19.6. The summed E-state index contributed by atoms with van der Waals surface area (Å²) >= 11 is 5.63. The van der Waals surface area contributed by atoms with Gasteiger partial charge in [0, 0.05) is 18.0 Å². The van der Waals surface area contributed by atoms with Crippen LogP contribution in [0.15, 0.2) is 40.8 Å². The van der Waals surface area contributed by atoms with Gasteiger partial charge in [-0.25, -0.2) is 4.67 Å². The molecule has 0 amide bonds. The van der Waals surface area contributed by atoms with E-state index in [4.69, 9.17) is 25.6 Å². The lowest BCUT2D eigenvalue weighted by atomic mass is 10.1. The fourth-order valence-electron chi connectivity index (χ4n) is 2.82. The van der Waals surface area contributed by atoms with Crippen LogP contribution in [0.2, 0.25) is 0 Å².